The molecule has 0 atom stereocenters. The highest BCUT2D eigenvalue weighted by Gasteiger charge is 2.09. The molecule has 5 heteroatoms. The molecule has 0 aliphatic carbocycles. The van der Waals surface area contributed by atoms with Gasteiger partial charge in [-0.2, -0.15) is 5.48 Å². The first kappa shape index (κ1) is 19.0. The molecule has 0 radical (unpaired) electrons. The second-order valence-electron chi connectivity index (χ2n) is 4.64. The van der Waals surface area contributed by atoms with Crippen LogP contribution in [0.2, 0.25) is 0 Å². The summed E-state index contributed by atoms with van der Waals surface area (Å²) < 4.78 is 0. The summed E-state index contributed by atoms with van der Waals surface area (Å²) in [6.07, 6.45) is 8.63. The Morgan fingerprint density at radius 3 is 2.61 bits per heavy atom. The quantitative estimate of drug-likeness (QED) is 0.239. The van der Waals surface area contributed by atoms with Gasteiger partial charge >= 0.3 is 0 Å². The topological polar surface area (TPSA) is 50.4 Å². The van der Waals surface area contributed by atoms with Crippen molar-refractivity contribution in [1.29, 1.82) is 0 Å². The normalized spacial score (nSPS) is 12.5. The zero-order chi connectivity index (χ0) is 16.9. The highest BCUT2D eigenvalue weighted by molar-refractivity contribution is 6.19. The number of hydrogen-bond acceptors (Lipinski definition) is 3. The van der Waals surface area contributed by atoms with Gasteiger partial charge in [-0.1, -0.05) is 55.5 Å². The monoisotopic (exact) mass is 334 g/mol. The number of benzene rings is 1. The van der Waals surface area contributed by atoms with Crippen LogP contribution in [0.15, 0.2) is 66.1 Å². The third-order valence-corrected chi connectivity index (χ3v) is 3.06. The summed E-state index contributed by atoms with van der Waals surface area (Å²) in [5.41, 5.74) is 4.21. The molecule has 0 aliphatic heterocycles. The van der Waals surface area contributed by atoms with E-state index in [1.807, 2.05) is 49.4 Å². The lowest BCUT2D eigenvalue weighted by atomic mass is 10.1. The lowest BCUT2D eigenvalue weighted by Gasteiger charge is -2.11. The molecular formula is C18H23ClN2O2. The van der Waals surface area contributed by atoms with E-state index in [4.69, 9.17) is 16.4 Å². The smallest absolute Gasteiger partial charge is 0.257 e. The Hall–Kier alpha value is -2.04. The number of nitrogens with one attached hydrogen (secondary N) is 2. The molecule has 124 valence electrons. The first-order valence-corrected chi connectivity index (χ1v) is 8.06. The van der Waals surface area contributed by atoms with Gasteiger partial charge in [-0.15, -0.1) is 11.6 Å². The van der Waals surface area contributed by atoms with Crippen LogP contribution >= 0.6 is 11.6 Å². The van der Waals surface area contributed by atoms with Crippen molar-refractivity contribution in [3.8, 4) is 0 Å². The van der Waals surface area contributed by atoms with Crippen molar-refractivity contribution in [3.63, 3.8) is 0 Å². The van der Waals surface area contributed by atoms with Gasteiger partial charge < -0.3 is 4.84 Å². The maximum Gasteiger partial charge on any atom is 0.257 e. The molecule has 1 amide bonds. The fourth-order valence-corrected chi connectivity index (χ4v) is 1.97. The van der Waals surface area contributed by atoms with Gasteiger partial charge in [0.25, 0.3) is 5.91 Å². The van der Waals surface area contributed by atoms with Crippen LogP contribution in [0.4, 0.5) is 0 Å². The van der Waals surface area contributed by atoms with Crippen molar-refractivity contribution in [2.24, 2.45) is 0 Å². The summed E-state index contributed by atoms with van der Waals surface area (Å²) in [7, 11) is 1.63. The van der Waals surface area contributed by atoms with Crippen LogP contribution in [-0.2, 0) is 16.1 Å². The predicted molar refractivity (Wildman–Crippen MR) is 94.8 cm³/mol. The van der Waals surface area contributed by atoms with Crippen LogP contribution in [0.1, 0.15) is 18.9 Å². The van der Waals surface area contributed by atoms with Gasteiger partial charge in [0.2, 0.25) is 5.88 Å². The Labute approximate surface area is 142 Å². The maximum atomic E-state index is 12.3. The summed E-state index contributed by atoms with van der Waals surface area (Å²) in [6.45, 7) is 2.00. The summed E-state index contributed by atoms with van der Waals surface area (Å²) >= 11 is 5.71. The fourth-order valence-electron chi connectivity index (χ4n) is 1.80. The minimum Gasteiger partial charge on any atom is -0.391 e. The highest BCUT2D eigenvalue weighted by atomic mass is 35.5. The number of rotatable bonds is 9. The van der Waals surface area contributed by atoms with Gasteiger partial charge in [0.1, 0.15) is 0 Å². The zero-order valence-electron chi connectivity index (χ0n) is 13.5. The molecule has 0 saturated carbocycles. The molecule has 0 spiro atoms. The molecule has 1 aromatic carbocycles. The van der Waals surface area contributed by atoms with E-state index in [2.05, 4.69) is 10.8 Å². The molecule has 1 aromatic rings. The lowest BCUT2D eigenvalue weighted by Crippen LogP contribution is -2.28. The molecule has 4 nitrogen and oxygen atoms in total. The van der Waals surface area contributed by atoms with E-state index in [9.17, 15) is 4.79 Å². The van der Waals surface area contributed by atoms with E-state index < -0.39 is 0 Å². The van der Waals surface area contributed by atoms with Crippen molar-refractivity contribution in [2.75, 3.05) is 12.9 Å². The standard InChI is InChI=1S/C18H23ClN2O2/c1-3-4-10-16(13-14-19)18(22)21-17(23-20-2)12-11-15-8-6-5-7-9-15/h4-10,12-13,20H,3,11,14H2,1-2H3,(H,21,22)/b10-4-,16-13+,17-12-. The van der Waals surface area contributed by atoms with Gasteiger partial charge in [0, 0.05) is 18.5 Å². The molecule has 0 saturated heterocycles. The second-order valence-corrected chi connectivity index (χ2v) is 4.95. The lowest BCUT2D eigenvalue weighted by molar-refractivity contribution is -0.117. The molecule has 0 fully saturated rings. The van der Waals surface area contributed by atoms with Gasteiger partial charge in [-0.25, -0.2) is 0 Å². The molecule has 23 heavy (non-hydrogen) atoms. The van der Waals surface area contributed by atoms with E-state index >= 15 is 0 Å². The number of alkyl halides is 1. The molecule has 1 rings (SSSR count). The third kappa shape index (κ3) is 7.68. The minimum atomic E-state index is -0.259. The van der Waals surface area contributed by atoms with Crippen LogP contribution in [0.25, 0.3) is 0 Å². The maximum absolute atomic E-state index is 12.3. The van der Waals surface area contributed by atoms with E-state index in [1.54, 1.807) is 19.2 Å². The predicted octanol–water partition coefficient (Wildman–Crippen LogP) is 3.47. The number of carbonyl (C=O) groups is 1. The van der Waals surface area contributed by atoms with Crippen molar-refractivity contribution >= 4 is 17.5 Å². The average Bonchev–Trinajstić information content (AvgIpc) is 2.57. The van der Waals surface area contributed by atoms with E-state index in [0.29, 0.717) is 17.9 Å². The first-order valence-electron chi connectivity index (χ1n) is 7.53. The number of hydrogen-bond donors (Lipinski definition) is 2. The molecule has 0 bridgehead atoms. The Kier molecular flexibility index (Phi) is 9.52. The van der Waals surface area contributed by atoms with Gasteiger partial charge in [0.05, 0.1) is 0 Å². The van der Waals surface area contributed by atoms with Crippen LogP contribution in [0, 0.1) is 0 Å². The van der Waals surface area contributed by atoms with E-state index in [0.717, 1.165) is 12.0 Å². The van der Waals surface area contributed by atoms with Crippen LogP contribution < -0.4 is 10.8 Å². The number of halogens is 1. The van der Waals surface area contributed by atoms with Crippen molar-refractivity contribution in [3.05, 3.63) is 71.7 Å². The fraction of sp³-hybridized carbons (Fsp3) is 0.278. The number of amides is 1. The third-order valence-electron chi connectivity index (χ3n) is 2.91. The van der Waals surface area contributed by atoms with E-state index in [1.165, 1.54) is 0 Å². The van der Waals surface area contributed by atoms with Crippen LogP contribution in [0.5, 0.6) is 0 Å². The molecule has 0 aromatic heterocycles. The summed E-state index contributed by atoms with van der Waals surface area (Å²) in [5.74, 6) is 0.365. The van der Waals surface area contributed by atoms with Gasteiger partial charge in [-0.05, 0) is 24.5 Å². The van der Waals surface area contributed by atoms with Crippen molar-refractivity contribution < 1.29 is 9.63 Å². The summed E-state index contributed by atoms with van der Waals surface area (Å²) in [4.78, 5) is 17.6. The van der Waals surface area contributed by atoms with Crippen LogP contribution in [0.3, 0.4) is 0 Å². The number of carbonyl (C=O) groups excluding carboxylic acids is 1. The number of allylic oxidation sites excluding steroid dienone is 3. The summed E-state index contributed by atoms with van der Waals surface area (Å²) in [6, 6.07) is 9.92. The second kappa shape index (κ2) is 11.5. The van der Waals surface area contributed by atoms with Gasteiger partial charge in [0.15, 0.2) is 0 Å². The van der Waals surface area contributed by atoms with Crippen LogP contribution in [-0.4, -0.2) is 18.8 Å². The molecular weight excluding hydrogens is 312 g/mol. The largest absolute Gasteiger partial charge is 0.391 e. The molecule has 0 heterocycles. The molecule has 0 unspecified atom stereocenters. The minimum absolute atomic E-state index is 0.259. The molecule has 0 aliphatic rings. The van der Waals surface area contributed by atoms with Gasteiger partial charge in [-0.3, -0.25) is 10.1 Å². The zero-order valence-corrected chi connectivity index (χ0v) is 14.3. The Morgan fingerprint density at radius 2 is 2.00 bits per heavy atom. The average molecular weight is 335 g/mol. The van der Waals surface area contributed by atoms with Crippen molar-refractivity contribution in [1.82, 2.24) is 10.8 Å². The summed E-state index contributed by atoms with van der Waals surface area (Å²) in [5, 5.41) is 2.74. The Balaban J connectivity index is 2.79. The number of hydroxylamine groups is 1. The first-order chi connectivity index (χ1) is 11.2. The highest BCUT2D eigenvalue weighted by Crippen LogP contribution is 2.05. The van der Waals surface area contributed by atoms with Crippen molar-refractivity contribution in [2.45, 2.75) is 19.8 Å². The SMILES string of the molecule is CC/C=C\C(=C/CCl)C(=O)N/C(=C/Cc1ccccc1)ONC. The Bertz CT molecular complexity index is 566. The Morgan fingerprint density at radius 1 is 1.26 bits per heavy atom. The van der Waals surface area contributed by atoms with E-state index in [-0.39, 0.29) is 11.8 Å². The molecule has 2 N–H and O–H groups in total.